The third-order valence-electron chi connectivity index (χ3n) is 1.57. The van der Waals surface area contributed by atoms with Crippen LogP contribution in [0.5, 0.6) is 0 Å². The third kappa shape index (κ3) is 4.38. The number of H-pyrrole nitrogens is 4. The fraction of sp³-hybridized carbons (Fsp3) is 0.250. The first-order valence-corrected chi connectivity index (χ1v) is 4.71. The Labute approximate surface area is 98.2 Å². The Kier molecular flexibility index (Phi) is 4.07. The fourth-order valence-electron chi connectivity index (χ4n) is 1.00. The Morgan fingerprint density at radius 2 is 1.00 bits per heavy atom. The van der Waals surface area contributed by atoms with Crippen molar-refractivity contribution in [1.29, 1.82) is 0 Å². The molecule has 0 aliphatic heterocycles. The van der Waals surface area contributed by atoms with E-state index in [0.717, 1.165) is 0 Å². The summed E-state index contributed by atoms with van der Waals surface area (Å²) < 4.78 is 0. The average molecular weight is 254 g/mol. The van der Waals surface area contributed by atoms with Gasteiger partial charge in [-0.3, -0.25) is 19.9 Å². The summed E-state index contributed by atoms with van der Waals surface area (Å²) in [5.74, 6) is 0.646. The predicted octanol–water partition coefficient (Wildman–Crippen LogP) is -2.47. The molecule has 2 aromatic heterocycles. The second kappa shape index (κ2) is 5.52. The summed E-state index contributed by atoms with van der Waals surface area (Å²) in [6.45, 7) is 3.08. The molecule has 0 bridgehead atoms. The zero-order valence-electron chi connectivity index (χ0n) is 9.53. The van der Waals surface area contributed by atoms with Crippen LogP contribution in [-0.4, -0.2) is 29.9 Å². The number of aromatic nitrogens is 6. The average Bonchev–Trinajstić information content (AvgIpc) is 2.12. The van der Waals surface area contributed by atoms with Crippen LogP contribution in [0.1, 0.15) is 11.6 Å². The van der Waals surface area contributed by atoms with Crippen molar-refractivity contribution in [3.05, 3.63) is 53.6 Å². The Morgan fingerprint density at radius 3 is 1.22 bits per heavy atom. The molecule has 0 unspecified atom stereocenters. The summed E-state index contributed by atoms with van der Waals surface area (Å²) in [7, 11) is 0. The highest BCUT2D eigenvalue weighted by molar-refractivity contribution is 4.75. The minimum Gasteiger partial charge on any atom is -0.296 e. The third-order valence-corrected chi connectivity index (χ3v) is 1.57. The highest BCUT2D eigenvalue weighted by atomic mass is 16.2. The fourth-order valence-corrected chi connectivity index (χ4v) is 1.00. The monoisotopic (exact) mass is 254 g/mol. The predicted molar refractivity (Wildman–Crippen MR) is 60.4 cm³/mol. The number of hydrogen-bond donors (Lipinski definition) is 4. The summed E-state index contributed by atoms with van der Waals surface area (Å²) >= 11 is 0. The van der Waals surface area contributed by atoms with E-state index in [1.54, 1.807) is 0 Å². The lowest BCUT2D eigenvalue weighted by atomic mass is 10.7. The van der Waals surface area contributed by atoms with Gasteiger partial charge in [-0.25, -0.2) is 19.2 Å². The molecule has 0 aromatic carbocycles. The standard InChI is InChI=1S/2C4H5N3O2/c2*1-2-5-3(8)7-4(9)6-2/h2*1H3,(H2,5,6,7,8,9). The van der Waals surface area contributed by atoms with Crippen LogP contribution >= 0.6 is 0 Å². The van der Waals surface area contributed by atoms with E-state index in [1.165, 1.54) is 13.8 Å². The molecule has 0 aliphatic rings. The van der Waals surface area contributed by atoms with Gasteiger partial charge in [0.1, 0.15) is 11.6 Å². The second-order valence-electron chi connectivity index (χ2n) is 3.16. The first kappa shape index (κ1) is 13.3. The van der Waals surface area contributed by atoms with E-state index >= 15 is 0 Å². The molecule has 10 nitrogen and oxygen atoms in total. The molecule has 0 amide bonds. The normalized spacial score (nSPS) is 9.44. The van der Waals surface area contributed by atoms with E-state index in [0.29, 0.717) is 11.6 Å². The zero-order valence-corrected chi connectivity index (χ0v) is 9.53. The molecule has 2 rings (SSSR count). The van der Waals surface area contributed by atoms with Gasteiger partial charge in [-0.15, -0.1) is 0 Å². The quantitative estimate of drug-likeness (QED) is 0.408. The van der Waals surface area contributed by atoms with Crippen molar-refractivity contribution >= 4 is 0 Å². The van der Waals surface area contributed by atoms with Crippen LogP contribution in [0.2, 0.25) is 0 Å². The summed E-state index contributed by atoms with van der Waals surface area (Å²) in [4.78, 5) is 56.5. The maximum Gasteiger partial charge on any atom is 0.350 e. The Balaban J connectivity index is 0.000000180. The van der Waals surface area contributed by atoms with Crippen LogP contribution in [0.15, 0.2) is 19.2 Å². The van der Waals surface area contributed by atoms with Crippen molar-refractivity contribution < 1.29 is 0 Å². The highest BCUT2D eigenvalue weighted by Crippen LogP contribution is 1.66. The van der Waals surface area contributed by atoms with E-state index in [-0.39, 0.29) is 0 Å². The van der Waals surface area contributed by atoms with Crippen molar-refractivity contribution in [2.45, 2.75) is 13.8 Å². The van der Waals surface area contributed by atoms with Crippen molar-refractivity contribution in [1.82, 2.24) is 29.9 Å². The summed E-state index contributed by atoms with van der Waals surface area (Å²) in [5, 5.41) is 0. The molecule has 96 valence electrons. The summed E-state index contributed by atoms with van der Waals surface area (Å²) in [6, 6.07) is 0. The van der Waals surface area contributed by atoms with E-state index in [2.05, 4.69) is 19.9 Å². The molecule has 2 heterocycles. The van der Waals surface area contributed by atoms with Gasteiger partial charge in [-0.1, -0.05) is 0 Å². The van der Waals surface area contributed by atoms with Crippen molar-refractivity contribution in [3.63, 3.8) is 0 Å². The highest BCUT2D eigenvalue weighted by Gasteiger charge is 1.88. The van der Waals surface area contributed by atoms with Gasteiger partial charge in [0, 0.05) is 0 Å². The Bertz CT molecular complexity index is 629. The maximum absolute atomic E-state index is 10.4. The van der Waals surface area contributed by atoms with Crippen LogP contribution < -0.4 is 22.8 Å². The summed E-state index contributed by atoms with van der Waals surface area (Å²) in [6.07, 6.45) is 0. The SMILES string of the molecule is Cc1nc(=O)[nH]c(=O)[nH]1.Cc1nc(=O)[nH]c(=O)[nH]1. The van der Waals surface area contributed by atoms with E-state index in [9.17, 15) is 19.2 Å². The largest absolute Gasteiger partial charge is 0.350 e. The van der Waals surface area contributed by atoms with Crippen molar-refractivity contribution in [3.8, 4) is 0 Å². The molecular formula is C8H10N6O4. The number of aryl methyl sites for hydroxylation is 2. The molecule has 0 spiro atoms. The van der Waals surface area contributed by atoms with Gasteiger partial charge in [0.05, 0.1) is 0 Å². The van der Waals surface area contributed by atoms with Gasteiger partial charge in [0.25, 0.3) is 0 Å². The Morgan fingerprint density at radius 1 is 0.667 bits per heavy atom. The summed E-state index contributed by atoms with van der Waals surface area (Å²) in [5.41, 5.74) is -2.27. The molecule has 0 saturated carbocycles. The molecule has 0 atom stereocenters. The lowest BCUT2D eigenvalue weighted by Crippen LogP contribution is -2.25. The van der Waals surface area contributed by atoms with Crippen LogP contribution in [0.25, 0.3) is 0 Å². The lowest BCUT2D eigenvalue weighted by molar-refractivity contribution is 0.883. The second-order valence-corrected chi connectivity index (χ2v) is 3.16. The number of rotatable bonds is 0. The Hall–Kier alpha value is -2.78. The molecule has 2 aromatic rings. The number of nitrogens with zero attached hydrogens (tertiary/aromatic N) is 2. The molecule has 0 saturated heterocycles. The topological polar surface area (TPSA) is 157 Å². The number of hydrogen-bond acceptors (Lipinski definition) is 6. The molecule has 4 N–H and O–H groups in total. The maximum atomic E-state index is 10.4. The smallest absolute Gasteiger partial charge is 0.296 e. The minimum atomic E-state index is -0.615. The van der Waals surface area contributed by atoms with Gasteiger partial charge in [0.2, 0.25) is 0 Å². The molecule has 0 fully saturated rings. The van der Waals surface area contributed by atoms with Crippen LogP contribution in [-0.2, 0) is 0 Å². The lowest BCUT2D eigenvalue weighted by Gasteiger charge is -1.84. The molecule has 0 aliphatic carbocycles. The number of nitrogens with one attached hydrogen (secondary N) is 4. The van der Waals surface area contributed by atoms with Gasteiger partial charge >= 0.3 is 22.8 Å². The molecule has 0 radical (unpaired) electrons. The number of aromatic amines is 4. The first-order chi connectivity index (χ1) is 8.36. The van der Waals surface area contributed by atoms with Crippen LogP contribution in [0.4, 0.5) is 0 Å². The van der Waals surface area contributed by atoms with E-state index < -0.39 is 22.8 Å². The first-order valence-electron chi connectivity index (χ1n) is 4.71. The van der Waals surface area contributed by atoms with Gasteiger partial charge in [0.15, 0.2) is 0 Å². The van der Waals surface area contributed by atoms with Gasteiger partial charge in [-0.2, -0.15) is 9.97 Å². The zero-order chi connectivity index (χ0) is 13.7. The van der Waals surface area contributed by atoms with Crippen molar-refractivity contribution in [2.24, 2.45) is 0 Å². The minimum absolute atomic E-state index is 0.323. The van der Waals surface area contributed by atoms with E-state index in [1.807, 2.05) is 9.97 Å². The van der Waals surface area contributed by atoms with Gasteiger partial charge < -0.3 is 0 Å². The van der Waals surface area contributed by atoms with Gasteiger partial charge in [-0.05, 0) is 13.8 Å². The van der Waals surface area contributed by atoms with Crippen molar-refractivity contribution in [2.75, 3.05) is 0 Å². The van der Waals surface area contributed by atoms with E-state index in [4.69, 9.17) is 0 Å². The molecule has 18 heavy (non-hydrogen) atoms. The molecular weight excluding hydrogens is 244 g/mol. The molecule has 10 heteroatoms. The van der Waals surface area contributed by atoms with Crippen LogP contribution in [0, 0.1) is 13.8 Å². The van der Waals surface area contributed by atoms with Crippen LogP contribution in [0.3, 0.4) is 0 Å².